The van der Waals surface area contributed by atoms with Gasteiger partial charge >= 0.3 is 5.97 Å². The zero-order valence-corrected chi connectivity index (χ0v) is 11.9. The summed E-state index contributed by atoms with van der Waals surface area (Å²) in [5, 5.41) is 11.7. The maximum Gasteiger partial charge on any atom is 0.326 e. The summed E-state index contributed by atoms with van der Waals surface area (Å²) in [7, 11) is 0. The lowest BCUT2D eigenvalue weighted by Crippen LogP contribution is -2.51. The number of carbonyl (C=O) groups excluding carboxylic acids is 1. The molecule has 0 fully saturated rings. The molecule has 5 nitrogen and oxygen atoms in total. The van der Waals surface area contributed by atoms with Crippen LogP contribution in [0, 0.1) is 5.92 Å². The Balaban J connectivity index is 2.68. The van der Waals surface area contributed by atoms with E-state index in [4.69, 9.17) is 5.73 Å². The summed E-state index contributed by atoms with van der Waals surface area (Å²) >= 11 is 0. The van der Waals surface area contributed by atoms with Crippen molar-refractivity contribution in [3.8, 4) is 0 Å². The van der Waals surface area contributed by atoms with Crippen molar-refractivity contribution in [3.05, 3.63) is 35.9 Å². The van der Waals surface area contributed by atoms with E-state index in [1.54, 1.807) is 0 Å². The first-order chi connectivity index (χ1) is 9.45. The summed E-state index contributed by atoms with van der Waals surface area (Å²) in [4.78, 5) is 23.2. The minimum absolute atomic E-state index is 0.0150. The molecule has 3 atom stereocenters. The van der Waals surface area contributed by atoms with Crippen molar-refractivity contribution >= 4 is 11.9 Å². The molecule has 5 heteroatoms. The molecule has 0 aromatic heterocycles. The minimum Gasteiger partial charge on any atom is -0.480 e. The van der Waals surface area contributed by atoms with Crippen LogP contribution in [0.5, 0.6) is 0 Å². The van der Waals surface area contributed by atoms with Crippen LogP contribution in [0.4, 0.5) is 0 Å². The van der Waals surface area contributed by atoms with Gasteiger partial charge in [-0.1, -0.05) is 50.6 Å². The maximum atomic E-state index is 11.9. The molecule has 0 spiro atoms. The topological polar surface area (TPSA) is 92.4 Å². The molecule has 1 aromatic rings. The smallest absolute Gasteiger partial charge is 0.326 e. The second-order valence-corrected chi connectivity index (χ2v) is 5.00. The average Bonchev–Trinajstić information content (AvgIpc) is 2.45. The quantitative estimate of drug-likeness (QED) is 0.698. The van der Waals surface area contributed by atoms with Crippen molar-refractivity contribution < 1.29 is 14.7 Å². The van der Waals surface area contributed by atoms with Gasteiger partial charge in [-0.05, 0) is 11.5 Å². The van der Waals surface area contributed by atoms with Gasteiger partial charge in [-0.2, -0.15) is 0 Å². The van der Waals surface area contributed by atoms with Crippen molar-refractivity contribution in [1.82, 2.24) is 5.32 Å². The number of nitrogens with two attached hydrogens (primary N) is 1. The highest BCUT2D eigenvalue weighted by Gasteiger charge is 2.25. The molecule has 1 unspecified atom stereocenters. The van der Waals surface area contributed by atoms with Crippen LogP contribution in [-0.2, 0) is 16.0 Å². The number of amides is 1. The Labute approximate surface area is 119 Å². The molecule has 0 saturated heterocycles. The lowest BCUT2D eigenvalue weighted by molar-refractivity contribution is -0.142. The number of hydrogen-bond donors (Lipinski definition) is 3. The average molecular weight is 278 g/mol. The molecule has 0 saturated carbocycles. The van der Waals surface area contributed by atoms with Gasteiger partial charge in [0.05, 0.1) is 6.04 Å². The molecule has 1 amide bonds. The Kier molecular flexibility index (Phi) is 6.18. The molecule has 1 rings (SSSR count). The van der Waals surface area contributed by atoms with E-state index in [1.165, 1.54) is 0 Å². The zero-order valence-electron chi connectivity index (χ0n) is 11.9. The van der Waals surface area contributed by atoms with Crippen LogP contribution < -0.4 is 11.1 Å². The van der Waals surface area contributed by atoms with Crippen molar-refractivity contribution in [3.63, 3.8) is 0 Å². The first-order valence-corrected chi connectivity index (χ1v) is 6.78. The number of carboxylic acid groups (broad SMARTS) is 1. The molecule has 0 radical (unpaired) electrons. The third kappa shape index (κ3) is 4.66. The molecule has 1 aromatic carbocycles. The first kappa shape index (κ1) is 16.2. The predicted molar refractivity (Wildman–Crippen MR) is 77.1 cm³/mol. The van der Waals surface area contributed by atoms with E-state index in [-0.39, 0.29) is 12.3 Å². The van der Waals surface area contributed by atoms with Crippen LogP contribution in [0.15, 0.2) is 30.3 Å². The molecule has 0 aliphatic rings. The van der Waals surface area contributed by atoms with Crippen LogP contribution >= 0.6 is 0 Å². The highest BCUT2D eigenvalue weighted by Crippen LogP contribution is 2.07. The van der Waals surface area contributed by atoms with Crippen LogP contribution in [0.3, 0.4) is 0 Å². The number of carbonyl (C=O) groups is 2. The maximum absolute atomic E-state index is 11.9. The SMILES string of the molecule is CC[C@H](C)[C@H](N)C(=O)NC(Cc1ccccc1)C(=O)O. The monoisotopic (exact) mass is 278 g/mol. The Morgan fingerprint density at radius 1 is 1.30 bits per heavy atom. The molecular formula is C15H22N2O3. The number of aliphatic carboxylic acids is 1. The predicted octanol–water partition coefficient (Wildman–Crippen LogP) is 1.17. The molecule has 0 aliphatic heterocycles. The first-order valence-electron chi connectivity index (χ1n) is 6.78. The van der Waals surface area contributed by atoms with E-state index < -0.39 is 24.0 Å². The summed E-state index contributed by atoms with van der Waals surface area (Å²) < 4.78 is 0. The molecular weight excluding hydrogens is 256 g/mol. The summed E-state index contributed by atoms with van der Waals surface area (Å²) in [5.74, 6) is -1.46. The molecule has 0 heterocycles. The van der Waals surface area contributed by atoms with E-state index >= 15 is 0 Å². The van der Waals surface area contributed by atoms with Gasteiger partial charge < -0.3 is 16.2 Å². The van der Waals surface area contributed by atoms with Crippen molar-refractivity contribution in [2.45, 2.75) is 38.8 Å². The van der Waals surface area contributed by atoms with Crippen molar-refractivity contribution in [1.29, 1.82) is 0 Å². The van der Waals surface area contributed by atoms with Gasteiger partial charge in [-0.15, -0.1) is 0 Å². The normalized spacial score (nSPS) is 15.2. The fraction of sp³-hybridized carbons (Fsp3) is 0.467. The standard InChI is InChI=1S/C15H22N2O3/c1-3-10(2)13(16)14(18)17-12(15(19)20)9-11-7-5-4-6-8-11/h4-8,10,12-13H,3,9,16H2,1-2H3,(H,17,18)(H,19,20)/t10-,12?,13-/m0/s1. The van der Waals surface area contributed by atoms with E-state index in [1.807, 2.05) is 44.2 Å². The van der Waals surface area contributed by atoms with Gasteiger partial charge in [0.2, 0.25) is 5.91 Å². The highest BCUT2D eigenvalue weighted by molar-refractivity contribution is 5.87. The number of hydrogen-bond acceptors (Lipinski definition) is 3. The Morgan fingerprint density at radius 2 is 1.90 bits per heavy atom. The van der Waals surface area contributed by atoms with Gasteiger partial charge in [-0.25, -0.2) is 4.79 Å². The Bertz CT molecular complexity index is 448. The van der Waals surface area contributed by atoms with Gasteiger partial charge in [0.25, 0.3) is 0 Å². The van der Waals surface area contributed by atoms with Crippen LogP contribution in [0.2, 0.25) is 0 Å². The second-order valence-electron chi connectivity index (χ2n) is 5.00. The van der Waals surface area contributed by atoms with Crippen molar-refractivity contribution in [2.24, 2.45) is 11.7 Å². The van der Waals surface area contributed by atoms with E-state index in [9.17, 15) is 14.7 Å². The summed E-state index contributed by atoms with van der Waals surface area (Å²) in [6, 6.07) is 7.55. The molecule has 20 heavy (non-hydrogen) atoms. The number of nitrogens with one attached hydrogen (secondary N) is 1. The number of carboxylic acids is 1. The van der Waals surface area contributed by atoms with E-state index in [0.29, 0.717) is 0 Å². The third-order valence-electron chi connectivity index (χ3n) is 3.46. The molecule has 110 valence electrons. The Morgan fingerprint density at radius 3 is 2.40 bits per heavy atom. The number of benzene rings is 1. The van der Waals surface area contributed by atoms with Gasteiger partial charge in [-0.3, -0.25) is 4.79 Å². The van der Waals surface area contributed by atoms with Gasteiger partial charge in [0.1, 0.15) is 6.04 Å². The largest absolute Gasteiger partial charge is 0.480 e. The Hall–Kier alpha value is -1.88. The lowest BCUT2D eigenvalue weighted by atomic mass is 9.98. The molecule has 0 bridgehead atoms. The molecule has 4 N–H and O–H groups in total. The second kappa shape index (κ2) is 7.65. The fourth-order valence-corrected chi connectivity index (χ4v) is 1.83. The van der Waals surface area contributed by atoms with E-state index in [0.717, 1.165) is 12.0 Å². The zero-order chi connectivity index (χ0) is 15.1. The third-order valence-corrected chi connectivity index (χ3v) is 3.46. The lowest BCUT2D eigenvalue weighted by Gasteiger charge is -2.21. The molecule has 0 aliphatic carbocycles. The van der Waals surface area contributed by atoms with Crippen LogP contribution in [0.25, 0.3) is 0 Å². The summed E-state index contributed by atoms with van der Waals surface area (Å²) in [6.07, 6.45) is 1.01. The van der Waals surface area contributed by atoms with Gasteiger partial charge in [0.15, 0.2) is 0 Å². The highest BCUT2D eigenvalue weighted by atomic mass is 16.4. The van der Waals surface area contributed by atoms with E-state index in [2.05, 4.69) is 5.32 Å². The fourth-order valence-electron chi connectivity index (χ4n) is 1.83. The number of rotatable bonds is 7. The van der Waals surface area contributed by atoms with Crippen molar-refractivity contribution in [2.75, 3.05) is 0 Å². The summed E-state index contributed by atoms with van der Waals surface area (Å²) in [6.45, 7) is 3.81. The minimum atomic E-state index is -1.06. The van der Waals surface area contributed by atoms with Gasteiger partial charge in [0, 0.05) is 6.42 Å². The summed E-state index contributed by atoms with van der Waals surface area (Å²) in [5.41, 5.74) is 6.67. The van der Waals surface area contributed by atoms with Crippen LogP contribution in [-0.4, -0.2) is 29.1 Å². The van der Waals surface area contributed by atoms with Crippen LogP contribution in [0.1, 0.15) is 25.8 Å².